The molecule has 48 heavy (non-hydrogen) atoms. The zero-order valence-corrected chi connectivity index (χ0v) is 26.9. The summed E-state index contributed by atoms with van der Waals surface area (Å²) < 4.78 is 0. The average Bonchev–Trinajstić information content (AvgIpc) is 3.17. The third-order valence-corrected chi connectivity index (χ3v) is 10.6. The molecule has 0 fully saturated rings. The highest BCUT2D eigenvalue weighted by Crippen LogP contribution is 2.56. The van der Waals surface area contributed by atoms with Gasteiger partial charge in [-0.25, -0.2) is 9.97 Å². The molecule has 3 heteroatoms. The Bertz CT molecular complexity index is 2380. The van der Waals surface area contributed by atoms with Crippen LogP contribution in [0.3, 0.4) is 0 Å². The van der Waals surface area contributed by atoms with Crippen molar-refractivity contribution < 1.29 is 0 Å². The number of benzene rings is 7. The molecule has 0 amide bonds. The Hall–Kier alpha value is -5.77. The first-order valence-electron chi connectivity index (χ1n) is 16.2. The van der Waals surface area contributed by atoms with Crippen LogP contribution in [0, 0.1) is 0 Å². The summed E-state index contributed by atoms with van der Waals surface area (Å²) in [6, 6.07) is 65.0. The van der Waals surface area contributed by atoms with Crippen molar-refractivity contribution in [2.24, 2.45) is 0 Å². The maximum atomic E-state index is 5.34. The van der Waals surface area contributed by atoms with Crippen molar-refractivity contribution in [1.82, 2.24) is 9.97 Å². The minimum Gasteiger partial charge on any atom is -0.228 e. The maximum Gasteiger partial charge on any atom is 0.160 e. The van der Waals surface area contributed by atoms with Crippen molar-refractivity contribution in [3.8, 4) is 33.8 Å². The van der Waals surface area contributed by atoms with Crippen molar-refractivity contribution >= 4 is 22.7 Å². The van der Waals surface area contributed by atoms with E-state index < -0.39 is 5.41 Å². The number of rotatable bonds is 5. The highest BCUT2D eigenvalue weighted by molar-refractivity contribution is 7.99. The summed E-state index contributed by atoms with van der Waals surface area (Å²) >= 11 is 1.84. The van der Waals surface area contributed by atoms with Gasteiger partial charge in [0.1, 0.15) is 0 Å². The molecular weight excluding hydrogens is 601 g/mol. The molecule has 0 atom stereocenters. The van der Waals surface area contributed by atoms with Gasteiger partial charge in [0.25, 0.3) is 0 Å². The zero-order chi connectivity index (χ0) is 31.9. The van der Waals surface area contributed by atoms with Crippen LogP contribution >= 0.6 is 11.8 Å². The third kappa shape index (κ3) is 4.66. The molecule has 0 saturated carbocycles. The molecule has 0 spiro atoms. The maximum absolute atomic E-state index is 5.34. The standard InChI is InChI=1S/C45H30N2S/c1-4-15-31(16-5-1)32-17-14-18-33(29-32)43-37-23-10-12-25-40(37)46-44(47-43)34-27-28-42-39(30-34)45(35-19-6-2-7-20-35,36-21-8-3-9-22-36)38-24-11-13-26-41(38)48-42/h1-30H. The molecule has 1 aliphatic heterocycles. The van der Waals surface area contributed by atoms with Crippen LogP contribution in [0.15, 0.2) is 192 Å². The minimum absolute atomic E-state index is 0.514. The van der Waals surface area contributed by atoms with E-state index >= 15 is 0 Å². The SMILES string of the molecule is c1ccc(-c2cccc(-c3nc(-c4ccc5c(c4)C(c4ccccc4)(c4ccccc4)c4ccccc4S5)nc4ccccc34)c2)cc1. The Labute approximate surface area is 284 Å². The van der Waals surface area contributed by atoms with Gasteiger partial charge >= 0.3 is 0 Å². The summed E-state index contributed by atoms with van der Waals surface area (Å²) in [6.07, 6.45) is 0. The Morgan fingerprint density at radius 3 is 1.77 bits per heavy atom. The van der Waals surface area contributed by atoms with Crippen molar-refractivity contribution in [3.63, 3.8) is 0 Å². The molecule has 0 bridgehead atoms. The zero-order valence-electron chi connectivity index (χ0n) is 26.1. The first-order chi connectivity index (χ1) is 23.8. The quantitative estimate of drug-likeness (QED) is 0.189. The molecule has 0 N–H and O–H groups in total. The van der Waals surface area contributed by atoms with Gasteiger partial charge in [0, 0.05) is 26.3 Å². The van der Waals surface area contributed by atoms with Gasteiger partial charge in [-0.05, 0) is 63.7 Å². The van der Waals surface area contributed by atoms with Gasteiger partial charge in [-0.2, -0.15) is 0 Å². The summed E-state index contributed by atoms with van der Waals surface area (Å²) in [6.45, 7) is 0. The van der Waals surface area contributed by atoms with E-state index in [1.165, 1.54) is 37.6 Å². The fourth-order valence-corrected chi connectivity index (χ4v) is 8.42. The van der Waals surface area contributed by atoms with Crippen LogP contribution in [-0.4, -0.2) is 9.97 Å². The molecule has 0 radical (unpaired) electrons. The van der Waals surface area contributed by atoms with Crippen LogP contribution in [0.2, 0.25) is 0 Å². The van der Waals surface area contributed by atoms with Crippen molar-refractivity contribution in [3.05, 3.63) is 204 Å². The van der Waals surface area contributed by atoms with Gasteiger partial charge in [-0.15, -0.1) is 0 Å². The molecule has 2 heterocycles. The van der Waals surface area contributed by atoms with E-state index in [0.29, 0.717) is 0 Å². The molecule has 0 unspecified atom stereocenters. The molecule has 1 aliphatic rings. The van der Waals surface area contributed by atoms with E-state index in [-0.39, 0.29) is 0 Å². The minimum atomic E-state index is -0.514. The van der Waals surface area contributed by atoms with Crippen molar-refractivity contribution in [2.45, 2.75) is 15.2 Å². The monoisotopic (exact) mass is 630 g/mol. The van der Waals surface area contributed by atoms with E-state index in [1.807, 2.05) is 11.8 Å². The molecule has 0 saturated heterocycles. The predicted octanol–water partition coefficient (Wildman–Crippen LogP) is 11.5. The van der Waals surface area contributed by atoms with Crippen LogP contribution in [0.5, 0.6) is 0 Å². The number of hydrogen-bond donors (Lipinski definition) is 0. The van der Waals surface area contributed by atoms with E-state index in [1.54, 1.807) is 0 Å². The Kier molecular flexibility index (Phi) is 6.99. The number of nitrogens with zero attached hydrogens (tertiary/aromatic N) is 2. The highest BCUT2D eigenvalue weighted by Gasteiger charge is 2.44. The van der Waals surface area contributed by atoms with E-state index in [4.69, 9.17) is 9.97 Å². The van der Waals surface area contributed by atoms with Gasteiger partial charge in [-0.3, -0.25) is 0 Å². The lowest BCUT2D eigenvalue weighted by Gasteiger charge is -2.42. The summed E-state index contributed by atoms with van der Waals surface area (Å²) in [5.41, 5.74) is 10.8. The fourth-order valence-electron chi connectivity index (χ4n) is 7.25. The van der Waals surface area contributed by atoms with E-state index in [0.717, 1.165) is 39.1 Å². The fraction of sp³-hybridized carbons (Fsp3) is 0.0222. The molecular formula is C45H30N2S. The van der Waals surface area contributed by atoms with Crippen LogP contribution in [0.25, 0.3) is 44.7 Å². The topological polar surface area (TPSA) is 25.8 Å². The van der Waals surface area contributed by atoms with Crippen LogP contribution in [0.1, 0.15) is 22.3 Å². The second kappa shape index (κ2) is 11.8. The van der Waals surface area contributed by atoms with Gasteiger partial charge in [0.15, 0.2) is 5.82 Å². The van der Waals surface area contributed by atoms with Gasteiger partial charge in [-0.1, -0.05) is 163 Å². The molecule has 2 nitrogen and oxygen atoms in total. The van der Waals surface area contributed by atoms with E-state index in [2.05, 4.69) is 182 Å². The molecule has 1 aromatic heterocycles. The second-order valence-electron chi connectivity index (χ2n) is 12.2. The summed E-state index contributed by atoms with van der Waals surface area (Å²) in [5.74, 6) is 0.718. The van der Waals surface area contributed by atoms with Crippen LogP contribution in [-0.2, 0) is 5.41 Å². The first kappa shape index (κ1) is 28.5. The van der Waals surface area contributed by atoms with Crippen molar-refractivity contribution in [1.29, 1.82) is 0 Å². The largest absolute Gasteiger partial charge is 0.228 e. The lowest BCUT2D eigenvalue weighted by Crippen LogP contribution is -2.34. The second-order valence-corrected chi connectivity index (χ2v) is 13.2. The van der Waals surface area contributed by atoms with Gasteiger partial charge < -0.3 is 0 Å². The normalized spacial score (nSPS) is 13.1. The van der Waals surface area contributed by atoms with Gasteiger partial charge in [0.2, 0.25) is 0 Å². The lowest BCUT2D eigenvalue weighted by molar-refractivity contribution is 0.703. The summed E-state index contributed by atoms with van der Waals surface area (Å²) in [4.78, 5) is 13.0. The molecule has 9 rings (SSSR count). The Morgan fingerprint density at radius 2 is 1.00 bits per heavy atom. The van der Waals surface area contributed by atoms with Crippen molar-refractivity contribution in [2.75, 3.05) is 0 Å². The van der Waals surface area contributed by atoms with Crippen LogP contribution < -0.4 is 0 Å². The third-order valence-electron chi connectivity index (χ3n) is 9.41. The smallest absolute Gasteiger partial charge is 0.160 e. The summed E-state index contributed by atoms with van der Waals surface area (Å²) in [7, 11) is 0. The number of hydrogen-bond acceptors (Lipinski definition) is 3. The van der Waals surface area contributed by atoms with Crippen LogP contribution in [0.4, 0.5) is 0 Å². The Morgan fingerprint density at radius 1 is 0.396 bits per heavy atom. The number of aromatic nitrogens is 2. The highest BCUT2D eigenvalue weighted by atomic mass is 32.2. The molecule has 0 aliphatic carbocycles. The van der Waals surface area contributed by atoms with Gasteiger partial charge in [0.05, 0.1) is 16.6 Å². The number of para-hydroxylation sites is 1. The first-order valence-corrected chi connectivity index (χ1v) is 17.1. The predicted molar refractivity (Wildman–Crippen MR) is 198 cm³/mol. The lowest BCUT2D eigenvalue weighted by atomic mass is 9.64. The van der Waals surface area contributed by atoms with E-state index in [9.17, 15) is 0 Å². The molecule has 7 aromatic carbocycles. The average molecular weight is 631 g/mol. The summed E-state index contributed by atoms with van der Waals surface area (Å²) in [5, 5.41) is 1.04. The Balaban J connectivity index is 1.28. The molecule has 8 aromatic rings. The number of fused-ring (bicyclic) bond motifs is 3. The molecule has 226 valence electrons.